The molecule has 2 heteroatoms. The molecular weight excluding hydrogens is 176 g/mol. The molecule has 0 saturated heterocycles. The molecular formula is C12H14O2. The molecule has 1 aromatic carbocycles. The predicted molar refractivity (Wildman–Crippen MR) is 53.9 cm³/mol. The molecule has 1 aliphatic rings. The molecule has 0 spiro atoms. The maximum atomic E-state index is 11.4. The summed E-state index contributed by atoms with van der Waals surface area (Å²) in [6.07, 6.45) is 0.947. The molecule has 2 rings (SSSR count). The molecule has 0 radical (unpaired) electrons. The highest BCUT2D eigenvalue weighted by molar-refractivity contribution is 5.77. The summed E-state index contributed by atoms with van der Waals surface area (Å²) in [7, 11) is 0. The molecule has 0 aromatic heterocycles. The van der Waals surface area contributed by atoms with E-state index in [4.69, 9.17) is 4.74 Å². The summed E-state index contributed by atoms with van der Waals surface area (Å²) in [5.74, 6) is 0.467. The van der Waals surface area contributed by atoms with Crippen molar-refractivity contribution in [2.75, 3.05) is 6.61 Å². The summed E-state index contributed by atoms with van der Waals surface area (Å²) in [4.78, 5) is 11.4. The van der Waals surface area contributed by atoms with Gasteiger partial charge in [0.1, 0.15) is 0 Å². The summed E-state index contributed by atoms with van der Waals surface area (Å²) < 4.78 is 4.98. The molecule has 2 atom stereocenters. The van der Waals surface area contributed by atoms with E-state index in [9.17, 15) is 4.79 Å². The van der Waals surface area contributed by atoms with Gasteiger partial charge in [-0.1, -0.05) is 30.3 Å². The summed E-state index contributed by atoms with van der Waals surface area (Å²) >= 11 is 0. The number of carbonyl (C=O) groups is 1. The van der Waals surface area contributed by atoms with Crippen LogP contribution in [0.2, 0.25) is 0 Å². The first-order valence-electron chi connectivity index (χ1n) is 5.04. The normalized spacial score (nSPS) is 24.4. The lowest BCUT2D eigenvalue weighted by atomic mass is 10.1. The molecule has 1 fully saturated rings. The lowest BCUT2D eigenvalue weighted by molar-refractivity contribution is -0.144. The molecule has 2 nitrogen and oxygen atoms in total. The second-order valence-corrected chi connectivity index (χ2v) is 3.61. The molecule has 0 amide bonds. The quantitative estimate of drug-likeness (QED) is 0.684. The lowest BCUT2D eigenvalue weighted by Crippen LogP contribution is -2.07. The lowest BCUT2D eigenvalue weighted by Gasteiger charge is -2.00. The summed E-state index contributed by atoms with van der Waals surface area (Å²) in [5.41, 5.74) is 1.26. The Morgan fingerprint density at radius 1 is 1.43 bits per heavy atom. The molecule has 1 unspecified atom stereocenters. The first kappa shape index (κ1) is 9.25. The van der Waals surface area contributed by atoms with Crippen molar-refractivity contribution in [2.45, 2.75) is 19.3 Å². The highest BCUT2D eigenvalue weighted by Crippen LogP contribution is 2.47. The Kier molecular flexibility index (Phi) is 2.53. The van der Waals surface area contributed by atoms with Crippen LogP contribution in [0.4, 0.5) is 0 Å². The Bertz CT molecular complexity index is 318. The zero-order valence-electron chi connectivity index (χ0n) is 8.27. The second-order valence-electron chi connectivity index (χ2n) is 3.61. The molecule has 0 bridgehead atoms. The van der Waals surface area contributed by atoms with E-state index in [2.05, 4.69) is 12.1 Å². The largest absolute Gasteiger partial charge is 0.466 e. The molecule has 0 N–H and O–H groups in total. The topological polar surface area (TPSA) is 26.3 Å². The van der Waals surface area contributed by atoms with Gasteiger partial charge in [-0.05, 0) is 24.8 Å². The van der Waals surface area contributed by atoms with Crippen molar-refractivity contribution in [3.05, 3.63) is 35.9 Å². The number of carbonyl (C=O) groups excluding carboxylic acids is 1. The van der Waals surface area contributed by atoms with Crippen LogP contribution in [0.5, 0.6) is 0 Å². The van der Waals surface area contributed by atoms with Gasteiger partial charge in [0, 0.05) is 0 Å². The smallest absolute Gasteiger partial charge is 0.309 e. The fraction of sp³-hybridized carbons (Fsp3) is 0.417. The van der Waals surface area contributed by atoms with E-state index >= 15 is 0 Å². The number of benzene rings is 1. The van der Waals surface area contributed by atoms with E-state index in [1.165, 1.54) is 5.56 Å². The number of ether oxygens (including phenoxy) is 1. The molecule has 74 valence electrons. The van der Waals surface area contributed by atoms with Gasteiger partial charge >= 0.3 is 5.97 Å². The Labute approximate surface area is 83.9 Å². The standard InChI is InChI=1S/C12H14O2/c1-2-14-12(13)11-8-10(11)9-6-4-3-5-7-9/h3-7,10-11H,2,8H2,1H3/t10?,11-/m1/s1. The predicted octanol–water partition coefficient (Wildman–Crippen LogP) is 2.35. The molecule has 14 heavy (non-hydrogen) atoms. The molecule has 0 aliphatic heterocycles. The Hall–Kier alpha value is -1.31. The first-order chi connectivity index (χ1) is 6.83. The zero-order valence-corrected chi connectivity index (χ0v) is 8.27. The van der Waals surface area contributed by atoms with Gasteiger partial charge < -0.3 is 4.74 Å². The van der Waals surface area contributed by atoms with Gasteiger partial charge in [-0.2, -0.15) is 0 Å². The van der Waals surface area contributed by atoms with Crippen LogP contribution in [0.3, 0.4) is 0 Å². The van der Waals surface area contributed by atoms with Crippen LogP contribution >= 0.6 is 0 Å². The fourth-order valence-electron chi connectivity index (χ4n) is 1.77. The van der Waals surface area contributed by atoms with E-state index < -0.39 is 0 Å². The SMILES string of the molecule is CCOC(=O)[C@@H]1CC1c1ccccc1. The van der Waals surface area contributed by atoms with Gasteiger partial charge in [-0.25, -0.2) is 0 Å². The van der Waals surface area contributed by atoms with Gasteiger partial charge in [-0.3, -0.25) is 4.79 Å². The first-order valence-corrected chi connectivity index (χ1v) is 5.04. The number of esters is 1. The Morgan fingerprint density at radius 2 is 2.14 bits per heavy atom. The van der Waals surface area contributed by atoms with Gasteiger partial charge in [0.25, 0.3) is 0 Å². The third-order valence-electron chi connectivity index (χ3n) is 2.61. The van der Waals surface area contributed by atoms with Crippen molar-refractivity contribution < 1.29 is 9.53 Å². The van der Waals surface area contributed by atoms with Crippen LogP contribution in [0.1, 0.15) is 24.8 Å². The van der Waals surface area contributed by atoms with Crippen LogP contribution in [-0.4, -0.2) is 12.6 Å². The van der Waals surface area contributed by atoms with Crippen LogP contribution in [0.15, 0.2) is 30.3 Å². The minimum Gasteiger partial charge on any atom is -0.466 e. The van der Waals surface area contributed by atoms with Gasteiger partial charge in [0.05, 0.1) is 12.5 Å². The fourth-order valence-corrected chi connectivity index (χ4v) is 1.77. The number of rotatable bonds is 3. The van der Waals surface area contributed by atoms with E-state index in [1.54, 1.807) is 0 Å². The second kappa shape index (κ2) is 3.82. The van der Waals surface area contributed by atoms with Crippen LogP contribution in [-0.2, 0) is 9.53 Å². The molecule has 1 saturated carbocycles. The average Bonchev–Trinajstić information content (AvgIpc) is 2.99. The average molecular weight is 190 g/mol. The minimum atomic E-state index is -0.0404. The Balaban J connectivity index is 1.96. The highest BCUT2D eigenvalue weighted by atomic mass is 16.5. The van der Waals surface area contributed by atoms with Crippen molar-refractivity contribution >= 4 is 5.97 Å². The van der Waals surface area contributed by atoms with Crippen LogP contribution in [0.25, 0.3) is 0 Å². The molecule has 0 heterocycles. The van der Waals surface area contributed by atoms with Gasteiger partial charge in [0.2, 0.25) is 0 Å². The maximum absolute atomic E-state index is 11.4. The van der Waals surface area contributed by atoms with E-state index in [1.807, 2.05) is 25.1 Å². The molecule has 1 aromatic rings. The maximum Gasteiger partial charge on any atom is 0.309 e. The molecule has 1 aliphatic carbocycles. The Morgan fingerprint density at radius 3 is 2.79 bits per heavy atom. The third kappa shape index (κ3) is 1.79. The van der Waals surface area contributed by atoms with E-state index in [0.717, 1.165) is 6.42 Å². The van der Waals surface area contributed by atoms with Crippen molar-refractivity contribution in [1.29, 1.82) is 0 Å². The zero-order chi connectivity index (χ0) is 9.97. The summed E-state index contributed by atoms with van der Waals surface area (Å²) in [5, 5.41) is 0. The highest BCUT2D eigenvalue weighted by Gasteiger charge is 2.44. The van der Waals surface area contributed by atoms with Crippen molar-refractivity contribution in [3.63, 3.8) is 0 Å². The number of hydrogen-bond acceptors (Lipinski definition) is 2. The van der Waals surface area contributed by atoms with Crippen molar-refractivity contribution in [2.24, 2.45) is 5.92 Å². The third-order valence-corrected chi connectivity index (χ3v) is 2.61. The van der Waals surface area contributed by atoms with Crippen molar-refractivity contribution in [3.8, 4) is 0 Å². The number of hydrogen-bond donors (Lipinski definition) is 0. The van der Waals surface area contributed by atoms with Gasteiger partial charge in [0.15, 0.2) is 0 Å². The van der Waals surface area contributed by atoms with Gasteiger partial charge in [-0.15, -0.1) is 0 Å². The summed E-state index contributed by atoms with van der Waals surface area (Å²) in [6.45, 7) is 2.33. The summed E-state index contributed by atoms with van der Waals surface area (Å²) in [6, 6.07) is 10.2. The monoisotopic (exact) mass is 190 g/mol. The van der Waals surface area contributed by atoms with E-state index in [-0.39, 0.29) is 11.9 Å². The van der Waals surface area contributed by atoms with Crippen LogP contribution < -0.4 is 0 Å². The van der Waals surface area contributed by atoms with Crippen molar-refractivity contribution in [1.82, 2.24) is 0 Å². The van der Waals surface area contributed by atoms with Crippen LogP contribution in [0, 0.1) is 5.92 Å². The minimum absolute atomic E-state index is 0.0404. The van der Waals surface area contributed by atoms with E-state index in [0.29, 0.717) is 12.5 Å².